The lowest BCUT2D eigenvalue weighted by atomic mass is 9.95. The number of hydrogen-bond acceptors (Lipinski definition) is 2. The zero-order valence-electron chi connectivity index (χ0n) is 14.0. The molecule has 3 rings (SSSR count). The minimum atomic E-state index is 0.221. The fraction of sp³-hybridized carbons (Fsp3) is 0.722. The molecule has 2 aliphatic rings. The fourth-order valence-corrected chi connectivity index (χ4v) is 4.11. The van der Waals surface area contributed by atoms with Gasteiger partial charge < -0.3 is 14.8 Å². The van der Waals surface area contributed by atoms with Gasteiger partial charge in [0.25, 0.3) is 5.91 Å². The van der Waals surface area contributed by atoms with Crippen molar-refractivity contribution in [1.82, 2.24) is 14.8 Å². The average Bonchev–Trinajstić information content (AvgIpc) is 2.73. The van der Waals surface area contributed by atoms with Gasteiger partial charge in [-0.3, -0.25) is 4.79 Å². The van der Waals surface area contributed by atoms with E-state index in [-0.39, 0.29) is 5.91 Å². The van der Waals surface area contributed by atoms with E-state index in [9.17, 15) is 4.79 Å². The third-order valence-corrected chi connectivity index (χ3v) is 5.28. The molecule has 4 nitrogen and oxygen atoms in total. The Morgan fingerprint density at radius 2 is 1.86 bits per heavy atom. The molecule has 122 valence electrons. The zero-order chi connectivity index (χ0) is 15.5. The Bertz CT molecular complexity index is 521. The molecule has 1 aromatic rings. The molecule has 1 saturated heterocycles. The highest BCUT2D eigenvalue weighted by Crippen LogP contribution is 2.32. The van der Waals surface area contributed by atoms with Gasteiger partial charge in [0, 0.05) is 37.1 Å². The summed E-state index contributed by atoms with van der Waals surface area (Å²) in [6.07, 6.45) is 7.58. The van der Waals surface area contributed by atoms with E-state index >= 15 is 0 Å². The van der Waals surface area contributed by atoms with E-state index in [0.717, 1.165) is 38.2 Å². The Hall–Kier alpha value is -1.29. The molecule has 22 heavy (non-hydrogen) atoms. The second-order valence-electron chi connectivity index (χ2n) is 6.84. The minimum absolute atomic E-state index is 0.221. The Morgan fingerprint density at radius 3 is 2.64 bits per heavy atom. The molecule has 1 aliphatic heterocycles. The molecular formula is C18H29N3O. The predicted molar refractivity (Wildman–Crippen MR) is 89.4 cm³/mol. The summed E-state index contributed by atoms with van der Waals surface area (Å²) in [5.41, 5.74) is 3.34. The van der Waals surface area contributed by atoms with Crippen LogP contribution in [0.1, 0.15) is 66.3 Å². The van der Waals surface area contributed by atoms with Gasteiger partial charge in [0.15, 0.2) is 0 Å². The topological polar surface area (TPSA) is 37.3 Å². The average molecular weight is 303 g/mol. The van der Waals surface area contributed by atoms with Crippen molar-refractivity contribution in [3.63, 3.8) is 0 Å². The second-order valence-corrected chi connectivity index (χ2v) is 6.84. The molecule has 0 spiro atoms. The van der Waals surface area contributed by atoms with E-state index in [4.69, 9.17) is 0 Å². The quantitative estimate of drug-likeness (QED) is 0.912. The standard InChI is InChI=1S/C18H29N3O/c1-14-13-17(18(22)20-11-6-9-19-10-12-20)15(2)21(14)16-7-4-3-5-8-16/h13,16,19H,3-12H2,1-2H3. The lowest BCUT2D eigenvalue weighted by Gasteiger charge is -2.27. The van der Waals surface area contributed by atoms with E-state index in [1.807, 2.05) is 4.90 Å². The number of hydrogen-bond donors (Lipinski definition) is 1. The normalized spacial score (nSPS) is 20.9. The van der Waals surface area contributed by atoms with Crippen LogP contribution in [0.4, 0.5) is 0 Å². The fourth-order valence-electron chi connectivity index (χ4n) is 4.11. The molecule has 1 saturated carbocycles. The van der Waals surface area contributed by atoms with Gasteiger partial charge in [-0.1, -0.05) is 19.3 Å². The van der Waals surface area contributed by atoms with Crippen molar-refractivity contribution in [1.29, 1.82) is 0 Å². The Balaban J connectivity index is 1.83. The molecule has 0 aromatic carbocycles. The van der Waals surface area contributed by atoms with Crippen LogP contribution in [0, 0.1) is 13.8 Å². The maximum atomic E-state index is 12.9. The number of nitrogens with zero attached hydrogens (tertiary/aromatic N) is 2. The van der Waals surface area contributed by atoms with Crippen molar-refractivity contribution < 1.29 is 4.79 Å². The molecular weight excluding hydrogens is 274 g/mol. The first kappa shape index (κ1) is 15.6. The number of carbonyl (C=O) groups excluding carboxylic acids is 1. The third kappa shape index (κ3) is 3.07. The van der Waals surface area contributed by atoms with E-state index in [0.29, 0.717) is 6.04 Å². The molecule has 0 unspecified atom stereocenters. The van der Waals surface area contributed by atoms with Crippen molar-refractivity contribution in [2.24, 2.45) is 0 Å². The molecule has 2 fully saturated rings. The van der Waals surface area contributed by atoms with Gasteiger partial charge in [-0.2, -0.15) is 0 Å². The number of rotatable bonds is 2. The van der Waals surface area contributed by atoms with E-state index in [2.05, 4.69) is 29.8 Å². The van der Waals surface area contributed by atoms with Crippen molar-refractivity contribution in [2.75, 3.05) is 26.2 Å². The van der Waals surface area contributed by atoms with Crippen LogP contribution in [-0.4, -0.2) is 41.6 Å². The van der Waals surface area contributed by atoms with Gasteiger partial charge in [-0.05, 0) is 45.7 Å². The summed E-state index contributed by atoms with van der Waals surface area (Å²) >= 11 is 0. The maximum Gasteiger partial charge on any atom is 0.255 e. The number of amides is 1. The molecule has 0 atom stereocenters. The first-order valence-corrected chi connectivity index (χ1v) is 8.87. The summed E-state index contributed by atoms with van der Waals surface area (Å²) in [6, 6.07) is 2.71. The van der Waals surface area contributed by atoms with Crippen molar-refractivity contribution in [3.8, 4) is 0 Å². The van der Waals surface area contributed by atoms with Crippen LogP contribution in [0.2, 0.25) is 0 Å². The highest BCUT2D eigenvalue weighted by Gasteiger charge is 2.25. The SMILES string of the molecule is Cc1cc(C(=O)N2CCCNCC2)c(C)n1C1CCCCC1. The first-order valence-electron chi connectivity index (χ1n) is 8.87. The number of carbonyl (C=O) groups is 1. The summed E-state index contributed by atoms with van der Waals surface area (Å²) in [7, 11) is 0. The van der Waals surface area contributed by atoms with Gasteiger partial charge in [0.05, 0.1) is 5.56 Å². The van der Waals surface area contributed by atoms with Gasteiger partial charge in [0.2, 0.25) is 0 Å². The molecule has 4 heteroatoms. The Kier molecular flexibility index (Phi) is 4.87. The van der Waals surface area contributed by atoms with Gasteiger partial charge in [-0.25, -0.2) is 0 Å². The molecule has 0 bridgehead atoms. The smallest absolute Gasteiger partial charge is 0.255 e. The van der Waals surface area contributed by atoms with Crippen LogP contribution in [0.3, 0.4) is 0 Å². The largest absolute Gasteiger partial charge is 0.345 e. The lowest BCUT2D eigenvalue weighted by Crippen LogP contribution is -2.34. The van der Waals surface area contributed by atoms with Gasteiger partial charge >= 0.3 is 0 Å². The van der Waals surface area contributed by atoms with Crippen LogP contribution in [0.25, 0.3) is 0 Å². The van der Waals surface area contributed by atoms with Crippen LogP contribution in [0.5, 0.6) is 0 Å². The predicted octanol–water partition coefficient (Wildman–Crippen LogP) is 3.05. The Labute approximate surface area is 133 Å². The van der Waals surface area contributed by atoms with Gasteiger partial charge in [-0.15, -0.1) is 0 Å². The molecule has 1 aromatic heterocycles. The number of nitrogens with one attached hydrogen (secondary N) is 1. The highest BCUT2D eigenvalue weighted by atomic mass is 16.2. The van der Waals surface area contributed by atoms with Crippen molar-refractivity contribution in [3.05, 3.63) is 23.0 Å². The summed E-state index contributed by atoms with van der Waals surface area (Å²) in [5.74, 6) is 0.221. The minimum Gasteiger partial charge on any atom is -0.345 e. The summed E-state index contributed by atoms with van der Waals surface area (Å²) < 4.78 is 2.43. The zero-order valence-corrected chi connectivity index (χ0v) is 14.0. The van der Waals surface area contributed by atoms with Gasteiger partial charge in [0.1, 0.15) is 0 Å². The van der Waals surface area contributed by atoms with Crippen LogP contribution in [-0.2, 0) is 0 Å². The summed E-state index contributed by atoms with van der Waals surface area (Å²) in [5, 5.41) is 3.37. The van der Waals surface area contributed by atoms with Crippen LogP contribution < -0.4 is 5.32 Å². The van der Waals surface area contributed by atoms with E-state index in [1.54, 1.807) is 0 Å². The molecule has 1 N–H and O–H groups in total. The lowest BCUT2D eigenvalue weighted by molar-refractivity contribution is 0.0765. The molecule has 2 heterocycles. The first-order chi connectivity index (χ1) is 10.7. The second kappa shape index (κ2) is 6.86. The third-order valence-electron chi connectivity index (χ3n) is 5.28. The highest BCUT2D eigenvalue weighted by molar-refractivity contribution is 5.95. The summed E-state index contributed by atoms with van der Waals surface area (Å²) in [4.78, 5) is 14.9. The molecule has 1 aliphatic carbocycles. The monoisotopic (exact) mass is 303 g/mol. The van der Waals surface area contributed by atoms with E-state index < -0.39 is 0 Å². The maximum absolute atomic E-state index is 12.9. The van der Waals surface area contributed by atoms with Crippen molar-refractivity contribution >= 4 is 5.91 Å². The van der Waals surface area contributed by atoms with Crippen molar-refractivity contribution in [2.45, 2.75) is 58.4 Å². The summed E-state index contributed by atoms with van der Waals surface area (Å²) in [6.45, 7) is 7.91. The Morgan fingerprint density at radius 1 is 1.09 bits per heavy atom. The van der Waals surface area contributed by atoms with Crippen LogP contribution >= 0.6 is 0 Å². The van der Waals surface area contributed by atoms with E-state index in [1.165, 1.54) is 43.5 Å². The van der Waals surface area contributed by atoms with Crippen LogP contribution in [0.15, 0.2) is 6.07 Å². The molecule has 0 radical (unpaired) electrons. The molecule has 1 amide bonds. The number of aromatic nitrogens is 1. The number of aryl methyl sites for hydroxylation is 1.